The van der Waals surface area contributed by atoms with E-state index in [1.807, 2.05) is 31.2 Å². The smallest absolute Gasteiger partial charge is 0.335 e. The number of carbonyl (C=O) groups excluding carboxylic acids is 1. The van der Waals surface area contributed by atoms with Gasteiger partial charge in [0.15, 0.2) is 5.75 Å². The summed E-state index contributed by atoms with van der Waals surface area (Å²) in [6.45, 7) is 1.93. The topological polar surface area (TPSA) is 241 Å². The summed E-state index contributed by atoms with van der Waals surface area (Å²) in [7, 11) is -4.78. The molecular formula is C33H24ClN9O7S. The Morgan fingerprint density at radius 3 is 2.24 bits per heavy atom. The number of nitrogens with zero attached hydrogens (tertiary/aromatic N) is 6. The van der Waals surface area contributed by atoms with Crippen molar-refractivity contribution in [3.63, 3.8) is 0 Å². The minimum Gasteiger partial charge on any atom is -0.505 e. The Labute approximate surface area is 293 Å². The molecule has 0 aliphatic carbocycles. The SMILES string of the molecule is Cc1ccc(Nc2nc(Cl)nc(Nc3cc(N=Nc4c(O)c(C(=O)Nc5ccccn5)cc5cc(C(=O)O)ccc45)cc(S(=O)(=O)O)c3)n2)cc1. The second kappa shape index (κ2) is 14.1. The lowest BCUT2D eigenvalue weighted by atomic mass is 10.0. The van der Waals surface area contributed by atoms with Crippen LogP contribution in [0.3, 0.4) is 0 Å². The summed E-state index contributed by atoms with van der Waals surface area (Å²) in [5.41, 5.74) is 0.990. The van der Waals surface area contributed by atoms with E-state index in [2.05, 4.69) is 46.1 Å². The summed E-state index contributed by atoms with van der Waals surface area (Å²) in [5.74, 6) is -2.45. The van der Waals surface area contributed by atoms with Gasteiger partial charge >= 0.3 is 5.97 Å². The summed E-state index contributed by atoms with van der Waals surface area (Å²) in [6.07, 6.45) is 1.45. The Hall–Kier alpha value is -6.56. The van der Waals surface area contributed by atoms with Gasteiger partial charge in [-0.05, 0) is 84.6 Å². The number of aromatic hydroxyl groups is 1. The summed E-state index contributed by atoms with van der Waals surface area (Å²) >= 11 is 6.13. The molecule has 0 unspecified atom stereocenters. The number of phenols is 1. The number of carboxylic acids is 1. The van der Waals surface area contributed by atoms with Crippen molar-refractivity contribution in [1.29, 1.82) is 0 Å². The maximum Gasteiger partial charge on any atom is 0.335 e. The molecule has 0 bridgehead atoms. The molecule has 4 aromatic carbocycles. The average molecular weight is 726 g/mol. The minimum atomic E-state index is -4.78. The highest BCUT2D eigenvalue weighted by molar-refractivity contribution is 7.85. The van der Waals surface area contributed by atoms with E-state index in [0.717, 1.165) is 17.7 Å². The van der Waals surface area contributed by atoms with Gasteiger partial charge in [-0.2, -0.15) is 28.5 Å². The molecule has 18 heteroatoms. The molecule has 1 amide bonds. The van der Waals surface area contributed by atoms with Crippen LogP contribution in [0.4, 0.5) is 40.5 Å². The normalized spacial score (nSPS) is 11.4. The van der Waals surface area contributed by atoms with Gasteiger partial charge < -0.3 is 26.2 Å². The molecule has 256 valence electrons. The quantitative estimate of drug-likeness (QED) is 0.0606. The van der Waals surface area contributed by atoms with E-state index in [4.69, 9.17) is 11.6 Å². The highest BCUT2D eigenvalue weighted by Gasteiger charge is 2.21. The number of amides is 1. The number of carbonyl (C=O) groups is 2. The van der Waals surface area contributed by atoms with E-state index < -0.39 is 32.6 Å². The van der Waals surface area contributed by atoms with Gasteiger partial charge in [-0.3, -0.25) is 9.35 Å². The van der Waals surface area contributed by atoms with Crippen LogP contribution in [0.5, 0.6) is 5.75 Å². The van der Waals surface area contributed by atoms with Gasteiger partial charge in [-0.1, -0.05) is 29.8 Å². The number of carboxylic acid groups (broad SMARTS) is 1. The number of pyridine rings is 1. The van der Waals surface area contributed by atoms with Crippen LogP contribution in [0, 0.1) is 6.92 Å². The van der Waals surface area contributed by atoms with Crippen molar-refractivity contribution < 1.29 is 32.8 Å². The number of aromatic carboxylic acids is 1. The van der Waals surface area contributed by atoms with Crippen molar-refractivity contribution in [2.45, 2.75) is 11.8 Å². The maximum absolute atomic E-state index is 13.2. The summed E-state index contributed by atoms with van der Waals surface area (Å²) in [5, 5.41) is 37.6. The first-order valence-electron chi connectivity index (χ1n) is 14.6. The molecule has 6 aromatic rings. The Morgan fingerprint density at radius 1 is 0.843 bits per heavy atom. The van der Waals surface area contributed by atoms with Crippen molar-refractivity contribution in [3.05, 3.63) is 113 Å². The zero-order chi connectivity index (χ0) is 36.3. The molecule has 2 heterocycles. The molecule has 0 radical (unpaired) electrons. The molecule has 6 N–H and O–H groups in total. The molecule has 6 rings (SSSR count). The Morgan fingerprint density at radius 2 is 1.57 bits per heavy atom. The van der Waals surface area contributed by atoms with E-state index in [1.54, 1.807) is 12.1 Å². The number of aryl methyl sites for hydroxylation is 1. The van der Waals surface area contributed by atoms with E-state index in [0.29, 0.717) is 5.69 Å². The first-order valence-corrected chi connectivity index (χ1v) is 16.5. The molecule has 0 fully saturated rings. The monoisotopic (exact) mass is 725 g/mol. The van der Waals surface area contributed by atoms with Crippen LogP contribution < -0.4 is 16.0 Å². The average Bonchev–Trinajstić information content (AvgIpc) is 3.08. The van der Waals surface area contributed by atoms with E-state index >= 15 is 0 Å². The van der Waals surface area contributed by atoms with E-state index in [1.165, 1.54) is 42.6 Å². The third-order valence-corrected chi connectivity index (χ3v) is 8.11. The lowest BCUT2D eigenvalue weighted by molar-refractivity contribution is 0.0696. The molecule has 0 spiro atoms. The van der Waals surface area contributed by atoms with E-state index in [9.17, 15) is 32.8 Å². The van der Waals surface area contributed by atoms with Crippen LogP contribution in [0.1, 0.15) is 26.3 Å². The fraction of sp³-hybridized carbons (Fsp3) is 0.0303. The summed E-state index contributed by atoms with van der Waals surface area (Å²) in [4.78, 5) is 40.7. The number of hydrogen-bond donors (Lipinski definition) is 6. The molecule has 16 nitrogen and oxygen atoms in total. The number of halogens is 1. The first-order chi connectivity index (χ1) is 24.3. The van der Waals surface area contributed by atoms with Gasteiger partial charge in [0.2, 0.25) is 17.2 Å². The number of fused-ring (bicyclic) bond motifs is 1. The van der Waals surface area contributed by atoms with Gasteiger partial charge in [0.25, 0.3) is 16.0 Å². The predicted octanol–water partition coefficient (Wildman–Crippen LogP) is 7.19. The van der Waals surface area contributed by atoms with Crippen LogP contribution in [0.15, 0.2) is 106 Å². The predicted molar refractivity (Wildman–Crippen MR) is 188 cm³/mol. The van der Waals surface area contributed by atoms with Gasteiger partial charge in [-0.15, -0.1) is 5.11 Å². The molecule has 0 saturated carbocycles. The number of azo groups is 1. The fourth-order valence-electron chi connectivity index (χ4n) is 4.73. The number of aromatic nitrogens is 4. The summed E-state index contributed by atoms with van der Waals surface area (Å²) in [6, 6.07) is 20.8. The van der Waals surface area contributed by atoms with Crippen LogP contribution in [0.2, 0.25) is 5.28 Å². The number of anilines is 5. The lowest BCUT2D eigenvalue weighted by Gasteiger charge is -2.12. The van der Waals surface area contributed by atoms with Crippen LogP contribution >= 0.6 is 11.6 Å². The highest BCUT2D eigenvalue weighted by atomic mass is 35.5. The van der Waals surface area contributed by atoms with Crippen molar-refractivity contribution in [1.82, 2.24) is 19.9 Å². The number of nitrogens with one attached hydrogen (secondary N) is 3. The van der Waals surface area contributed by atoms with Crippen LogP contribution in [-0.2, 0) is 10.1 Å². The molecule has 0 aliphatic heterocycles. The highest BCUT2D eigenvalue weighted by Crippen LogP contribution is 2.40. The van der Waals surface area contributed by atoms with Gasteiger partial charge in [0, 0.05) is 23.0 Å². The Balaban J connectivity index is 1.39. The van der Waals surface area contributed by atoms with Gasteiger partial charge in [-0.25, -0.2) is 9.78 Å². The largest absolute Gasteiger partial charge is 0.505 e. The lowest BCUT2D eigenvalue weighted by Crippen LogP contribution is -2.13. The fourth-order valence-corrected chi connectivity index (χ4v) is 5.44. The van der Waals surface area contributed by atoms with Crippen molar-refractivity contribution in [2.24, 2.45) is 10.2 Å². The zero-order valence-electron chi connectivity index (χ0n) is 26.1. The third kappa shape index (κ3) is 8.19. The number of rotatable bonds is 10. The standard InChI is InChI=1S/C33H24ClN9O7S/c1-17-5-8-20(9-6-17)36-32-39-31(34)40-33(41-32)37-21-14-22(16-23(15-21)51(48,49)50)42-43-27-24-10-7-18(30(46)47)12-19(24)13-25(28(27)44)29(45)38-26-4-2-3-11-35-26/h2-16,44H,1H3,(H,46,47)(H,35,38,45)(H,48,49,50)(H2,36,37,39,40,41). The van der Waals surface area contributed by atoms with Gasteiger partial charge in [0.1, 0.15) is 11.5 Å². The maximum atomic E-state index is 13.2. The number of hydrogen-bond acceptors (Lipinski definition) is 13. The number of benzene rings is 4. The van der Waals surface area contributed by atoms with Crippen molar-refractivity contribution >= 4 is 84.8 Å². The second-order valence-corrected chi connectivity index (χ2v) is 12.5. The first kappa shape index (κ1) is 34.3. The molecule has 2 aromatic heterocycles. The van der Waals surface area contributed by atoms with Crippen molar-refractivity contribution in [2.75, 3.05) is 16.0 Å². The van der Waals surface area contributed by atoms with Crippen LogP contribution in [-0.4, -0.2) is 55.0 Å². The van der Waals surface area contributed by atoms with E-state index in [-0.39, 0.29) is 62.0 Å². The molecule has 51 heavy (non-hydrogen) atoms. The second-order valence-electron chi connectivity index (χ2n) is 10.8. The van der Waals surface area contributed by atoms with Gasteiger partial charge in [0.05, 0.1) is 21.7 Å². The molecule has 0 atom stereocenters. The molecule has 0 saturated heterocycles. The molecule has 0 aliphatic rings. The number of phenolic OH excluding ortho intramolecular Hbond substituents is 1. The third-order valence-electron chi connectivity index (χ3n) is 7.11. The Kier molecular flexibility index (Phi) is 9.50. The van der Waals surface area contributed by atoms with Crippen LogP contribution in [0.25, 0.3) is 10.8 Å². The Bertz CT molecular complexity index is 2470. The minimum absolute atomic E-state index is 0.0336. The molecular weight excluding hydrogens is 702 g/mol. The van der Waals surface area contributed by atoms with Crippen molar-refractivity contribution in [3.8, 4) is 5.75 Å². The zero-order valence-corrected chi connectivity index (χ0v) is 27.7. The summed E-state index contributed by atoms with van der Waals surface area (Å²) < 4.78 is 34.4.